The molecule has 0 radical (unpaired) electrons. The molecule has 1 aliphatic heterocycles. The molecule has 7 heteroatoms. The number of ketones is 1. The second kappa shape index (κ2) is 9.60. The van der Waals surface area contributed by atoms with Crippen molar-refractivity contribution in [1.82, 2.24) is 0 Å². The molecule has 5 rings (SSSR count). The normalized spacial score (nSPS) is 20.0. The van der Waals surface area contributed by atoms with Gasteiger partial charge in [-0.1, -0.05) is 18.6 Å². The summed E-state index contributed by atoms with van der Waals surface area (Å²) in [6.45, 7) is 2.49. The fraction of sp³-hybridized carbons (Fsp3) is 0.393. The Morgan fingerprint density at radius 1 is 1.06 bits per heavy atom. The van der Waals surface area contributed by atoms with Crippen molar-refractivity contribution in [2.45, 2.75) is 64.2 Å². The van der Waals surface area contributed by atoms with Crippen LogP contribution in [-0.2, 0) is 17.6 Å². The molecule has 35 heavy (non-hydrogen) atoms. The van der Waals surface area contributed by atoms with Crippen molar-refractivity contribution in [3.05, 3.63) is 68.5 Å². The Kier molecular flexibility index (Phi) is 6.36. The van der Waals surface area contributed by atoms with Crippen LogP contribution in [0.2, 0.25) is 0 Å². The predicted octanol–water partition coefficient (Wildman–Crippen LogP) is 5.59. The largest absolute Gasteiger partial charge is 0.494 e. The van der Waals surface area contributed by atoms with E-state index in [4.69, 9.17) is 10.5 Å². The van der Waals surface area contributed by atoms with Crippen LogP contribution >= 0.6 is 11.3 Å². The fourth-order valence-electron chi connectivity index (χ4n) is 5.58. The molecule has 178 valence electrons. The Balaban J connectivity index is 1.69. The van der Waals surface area contributed by atoms with Crippen molar-refractivity contribution < 1.29 is 9.53 Å². The Hall–Kier alpha value is -3.55. The zero-order valence-corrected chi connectivity index (χ0v) is 20.7. The van der Waals surface area contributed by atoms with Gasteiger partial charge in [0.15, 0.2) is 5.78 Å². The number of anilines is 1. The summed E-state index contributed by atoms with van der Waals surface area (Å²) in [5.74, 6) is 0.602. The standard InChI is InChI=1S/C28H28N4O2S/c1-2-34-18-13-11-17(12-14-18)25-21(16-30)27(31)32(22-8-6-9-23(33)26(22)25)28-20(15-29)19-7-4-3-5-10-24(19)35-28/h11-14,25H,2-10,31H2,1H3/t25-/m1/s1. The number of hydrogen-bond acceptors (Lipinski definition) is 7. The fourth-order valence-corrected chi connectivity index (χ4v) is 6.95. The molecule has 1 atom stereocenters. The number of aryl methyl sites for hydroxylation is 1. The number of ether oxygens (including phenoxy) is 1. The van der Waals surface area contributed by atoms with Crippen LogP contribution in [-0.4, -0.2) is 12.4 Å². The lowest BCUT2D eigenvalue weighted by Crippen LogP contribution is -2.38. The van der Waals surface area contributed by atoms with Gasteiger partial charge in [0.25, 0.3) is 0 Å². The van der Waals surface area contributed by atoms with Crippen molar-refractivity contribution in [2.24, 2.45) is 5.73 Å². The lowest BCUT2D eigenvalue weighted by atomic mass is 9.75. The molecule has 0 saturated heterocycles. The highest BCUT2D eigenvalue weighted by molar-refractivity contribution is 7.16. The van der Waals surface area contributed by atoms with E-state index in [1.165, 1.54) is 11.3 Å². The molecule has 0 saturated carbocycles. The van der Waals surface area contributed by atoms with Crippen LogP contribution in [0.25, 0.3) is 0 Å². The summed E-state index contributed by atoms with van der Waals surface area (Å²) >= 11 is 1.60. The lowest BCUT2D eigenvalue weighted by molar-refractivity contribution is -0.116. The summed E-state index contributed by atoms with van der Waals surface area (Å²) in [6.07, 6.45) is 7.05. The maximum absolute atomic E-state index is 13.4. The van der Waals surface area contributed by atoms with Gasteiger partial charge in [-0.25, -0.2) is 0 Å². The summed E-state index contributed by atoms with van der Waals surface area (Å²) in [5, 5.41) is 21.2. The molecule has 2 aliphatic carbocycles. The van der Waals surface area contributed by atoms with Gasteiger partial charge in [-0.05, 0) is 68.7 Å². The van der Waals surface area contributed by atoms with E-state index in [0.717, 1.165) is 59.7 Å². The average Bonchev–Trinajstić information content (AvgIpc) is 3.04. The first-order valence-electron chi connectivity index (χ1n) is 12.3. The highest BCUT2D eigenvalue weighted by Crippen LogP contribution is 2.50. The number of Topliss-reactive ketones (excluding diaryl/α,β-unsaturated/α-hetero) is 1. The monoisotopic (exact) mass is 484 g/mol. The number of hydrogen-bond donors (Lipinski definition) is 1. The number of nitrogens with zero attached hydrogens (tertiary/aromatic N) is 3. The van der Waals surface area contributed by atoms with E-state index in [1.54, 1.807) is 11.3 Å². The molecule has 0 spiro atoms. The third-order valence-corrected chi connectivity index (χ3v) is 8.43. The number of nitriles is 2. The van der Waals surface area contributed by atoms with E-state index in [1.807, 2.05) is 36.1 Å². The molecular weight excluding hydrogens is 456 g/mol. The average molecular weight is 485 g/mol. The molecule has 1 aromatic heterocycles. The van der Waals surface area contributed by atoms with Crippen LogP contribution in [0.3, 0.4) is 0 Å². The van der Waals surface area contributed by atoms with Gasteiger partial charge in [-0.15, -0.1) is 11.3 Å². The smallest absolute Gasteiger partial charge is 0.161 e. The summed E-state index contributed by atoms with van der Waals surface area (Å²) in [5.41, 5.74) is 11.2. The van der Waals surface area contributed by atoms with E-state index in [9.17, 15) is 15.3 Å². The first-order chi connectivity index (χ1) is 17.1. The van der Waals surface area contributed by atoms with Crippen molar-refractivity contribution in [2.75, 3.05) is 11.5 Å². The number of nitrogens with two attached hydrogens (primary N) is 1. The Labute approximate surface area is 209 Å². The minimum Gasteiger partial charge on any atom is -0.494 e. The van der Waals surface area contributed by atoms with Gasteiger partial charge in [0, 0.05) is 22.6 Å². The molecular formula is C28H28N4O2S. The van der Waals surface area contributed by atoms with E-state index in [0.29, 0.717) is 42.0 Å². The van der Waals surface area contributed by atoms with Crippen LogP contribution < -0.4 is 15.4 Å². The van der Waals surface area contributed by atoms with Crippen molar-refractivity contribution >= 4 is 22.1 Å². The van der Waals surface area contributed by atoms with Crippen LogP contribution in [0, 0.1) is 22.7 Å². The minimum absolute atomic E-state index is 0.0482. The van der Waals surface area contributed by atoms with E-state index >= 15 is 0 Å². The molecule has 6 nitrogen and oxygen atoms in total. The highest BCUT2D eigenvalue weighted by Gasteiger charge is 2.41. The number of benzene rings is 1. The van der Waals surface area contributed by atoms with Gasteiger partial charge in [0.2, 0.25) is 0 Å². The maximum Gasteiger partial charge on any atom is 0.161 e. The summed E-state index contributed by atoms with van der Waals surface area (Å²) in [4.78, 5) is 16.5. The van der Waals surface area contributed by atoms with Crippen LogP contribution in [0.4, 0.5) is 5.00 Å². The Morgan fingerprint density at radius 3 is 2.54 bits per heavy atom. The highest BCUT2D eigenvalue weighted by atomic mass is 32.1. The molecule has 0 bridgehead atoms. The van der Waals surface area contributed by atoms with E-state index < -0.39 is 5.92 Å². The van der Waals surface area contributed by atoms with Crippen molar-refractivity contribution in [3.63, 3.8) is 0 Å². The van der Waals surface area contributed by atoms with Crippen molar-refractivity contribution in [3.8, 4) is 17.9 Å². The topological polar surface area (TPSA) is 103 Å². The number of allylic oxidation sites excluding steroid dienone is 3. The lowest BCUT2D eigenvalue weighted by Gasteiger charge is -2.39. The predicted molar refractivity (Wildman–Crippen MR) is 136 cm³/mol. The van der Waals surface area contributed by atoms with Crippen LogP contribution in [0.15, 0.2) is 46.9 Å². The quantitative estimate of drug-likeness (QED) is 0.567. The van der Waals surface area contributed by atoms with Gasteiger partial charge in [-0.3, -0.25) is 9.69 Å². The first kappa shape index (κ1) is 23.2. The maximum atomic E-state index is 13.4. The summed E-state index contributed by atoms with van der Waals surface area (Å²) < 4.78 is 5.58. The molecule has 2 N–H and O–H groups in total. The molecule has 3 aliphatic rings. The first-order valence-corrected chi connectivity index (χ1v) is 13.1. The molecule has 0 fully saturated rings. The van der Waals surface area contributed by atoms with E-state index in [-0.39, 0.29) is 5.78 Å². The SMILES string of the molecule is CCOc1ccc([C@@H]2C(C#N)=C(N)N(c3sc4c(c3C#N)CCCCC4)C3=C2C(=O)CCC3)cc1. The Bertz CT molecular complexity index is 1320. The van der Waals surface area contributed by atoms with Gasteiger partial charge in [0.1, 0.15) is 22.6 Å². The Morgan fingerprint density at radius 2 is 1.83 bits per heavy atom. The number of thiophene rings is 1. The van der Waals surface area contributed by atoms with Crippen LogP contribution in [0.5, 0.6) is 5.75 Å². The van der Waals surface area contributed by atoms with Crippen molar-refractivity contribution in [1.29, 1.82) is 10.5 Å². The third-order valence-electron chi connectivity index (χ3n) is 7.16. The second-order valence-corrected chi connectivity index (χ2v) is 10.3. The van der Waals surface area contributed by atoms with Gasteiger partial charge >= 0.3 is 0 Å². The molecule has 1 aromatic carbocycles. The number of fused-ring (bicyclic) bond motifs is 1. The van der Waals surface area contributed by atoms with Gasteiger partial charge in [0.05, 0.1) is 29.7 Å². The summed E-state index contributed by atoms with van der Waals surface area (Å²) in [6, 6.07) is 12.3. The molecule has 0 amide bonds. The molecule has 2 heterocycles. The number of rotatable bonds is 4. The van der Waals surface area contributed by atoms with Gasteiger partial charge in [-0.2, -0.15) is 10.5 Å². The zero-order chi connectivity index (χ0) is 24.5. The molecule has 2 aromatic rings. The second-order valence-electron chi connectivity index (χ2n) is 9.17. The summed E-state index contributed by atoms with van der Waals surface area (Å²) in [7, 11) is 0. The number of carbonyl (C=O) groups excluding carboxylic acids is 1. The number of carbonyl (C=O) groups is 1. The molecule has 0 unspecified atom stereocenters. The third kappa shape index (κ3) is 3.90. The van der Waals surface area contributed by atoms with Gasteiger partial charge < -0.3 is 10.5 Å². The van der Waals surface area contributed by atoms with E-state index in [2.05, 4.69) is 12.1 Å². The minimum atomic E-state index is -0.516. The zero-order valence-electron chi connectivity index (χ0n) is 19.9. The van der Waals surface area contributed by atoms with Crippen LogP contribution in [0.1, 0.15) is 72.9 Å².